The third-order valence-corrected chi connectivity index (χ3v) is 4.74. The number of nitrogens with one attached hydrogen (secondary N) is 1. The smallest absolute Gasteiger partial charge is 0.101 e. The molecule has 1 saturated carbocycles. The van der Waals surface area contributed by atoms with Gasteiger partial charge >= 0.3 is 0 Å². The highest BCUT2D eigenvalue weighted by atomic mass is 35.5. The molecule has 0 heterocycles. The molecule has 0 atom stereocenters. The van der Waals surface area contributed by atoms with E-state index in [9.17, 15) is 0 Å². The van der Waals surface area contributed by atoms with Crippen molar-refractivity contribution in [3.05, 3.63) is 28.8 Å². The van der Waals surface area contributed by atoms with E-state index in [0.29, 0.717) is 22.0 Å². The summed E-state index contributed by atoms with van der Waals surface area (Å²) in [5.74, 6) is 0.820. The molecule has 1 aromatic carbocycles. The van der Waals surface area contributed by atoms with Crippen molar-refractivity contribution in [2.75, 3.05) is 5.32 Å². The first-order valence-corrected chi connectivity index (χ1v) is 7.74. The molecule has 0 bridgehead atoms. The van der Waals surface area contributed by atoms with E-state index in [0.717, 1.165) is 11.6 Å². The largest absolute Gasteiger partial charge is 0.382 e. The second-order valence-electron chi connectivity index (χ2n) is 6.87. The Labute approximate surface area is 127 Å². The predicted molar refractivity (Wildman–Crippen MR) is 85.0 cm³/mol. The van der Waals surface area contributed by atoms with Crippen molar-refractivity contribution in [1.82, 2.24) is 0 Å². The van der Waals surface area contributed by atoms with Gasteiger partial charge in [-0.05, 0) is 55.2 Å². The van der Waals surface area contributed by atoms with Gasteiger partial charge in [0.1, 0.15) is 6.07 Å². The third kappa shape index (κ3) is 3.67. The summed E-state index contributed by atoms with van der Waals surface area (Å²) in [5.41, 5.74) is 1.96. The highest BCUT2D eigenvalue weighted by Gasteiger charge is 2.29. The van der Waals surface area contributed by atoms with Gasteiger partial charge in [-0.15, -0.1) is 0 Å². The summed E-state index contributed by atoms with van der Waals surface area (Å²) in [5, 5.41) is 13.1. The Morgan fingerprint density at radius 1 is 1.20 bits per heavy atom. The molecule has 20 heavy (non-hydrogen) atoms. The number of hydrogen-bond acceptors (Lipinski definition) is 2. The number of halogens is 1. The Kier molecular flexibility index (Phi) is 4.60. The van der Waals surface area contributed by atoms with Crippen LogP contribution in [-0.2, 0) is 0 Å². The van der Waals surface area contributed by atoms with Gasteiger partial charge in [0, 0.05) is 11.7 Å². The molecule has 0 spiro atoms. The lowest BCUT2D eigenvalue weighted by Crippen LogP contribution is -2.31. The van der Waals surface area contributed by atoms with Crippen LogP contribution in [0.2, 0.25) is 5.02 Å². The summed E-state index contributed by atoms with van der Waals surface area (Å²) in [4.78, 5) is 0. The Hall–Kier alpha value is -1.20. The normalized spacial score (nSPS) is 23.1. The van der Waals surface area contributed by atoms with Gasteiger partial charge in [-0.25, -0.2) is 0 Å². The van der Waals surface area contributed by atoms with Gasteiger partial charge < -0.3 is 5.32 Å². The summed E-state index contributed by atoms with van der Waals surface area (Å²) < 4.78 is 0. The lowest BCUT2D eigenvalue weighted by atomic mass is 9.71. The summed E-state index contributed by atoms with van der Waals surface area (Å²) in [6, 6.07) is 8.24. The minimum Gasteiger partial charge on any atom is -0.382 e. The fraction of sp³-hybridized carbons (Fsp3) is 0.588. The minimum absolute atomic E-state index is 0.416. The maximum absolute atomic E-state index is 9.01. The molecule has 1 N–H and O–H groups in total. The SMILES string of the molecule is CC(C)(C)C1CCC(Nc2ccc(Cl)c(C#N)c2)CC1. The van der Waals surface area contributed by atoms with Crippen molar-refractivity contribution >= 4 is 17.3 Å². The zero-order valence-electron chi connectivity index (χ0n) is 12.5. The molecule has 108 valence electrons. The van der Waals surface area contributed by atoms with Crippen LogP contribution in [0.1, 0.15) is 52.0 Å². The molecule has 1 fully saturated rings. The maximum Gasteiger partial charge on any atom is 0.101 e. The number of nitriles is 1. The number of nitrogens with zero attached hydrogens (tertiary/aromatic N) is 1. The maximum atomic E-state index is 9.01. The van der Waals surface area contributed by atoms with E-state index in [1.165, 1.54) is 25.7 Å². The summed E-state index contributed by atoms with van der Waals surface area (Å²) in [6.07, 6.45) is 4.96. The third-order valence-electron chi connectivity index (χ3n) is 4.41. The average Bonchev–Trinajstić information content (AvgIpc) is 2.40. The van der Waals surface area contributed by atoms with Gasteiger partial charge in [0.15, 0.2) is 0 Å². The molecular formula is C17H23ClN2. The Bertz CT molecular complexity index is 503. The number of anilines is 1. The molecule has 2 rings (SSSR count). The van der Waals surface area contributed by atoms with Crippen molar-refractivity contribution < 1.29 is 0 Å². The molecule has 0 radical (unpaired) electrons. The summed E-state index contributed by atoms with van der Waals surface area (Å²) in [6.45, 7) is 7.01. The fourth-order valence-corrected chi connectivity index (χ4v) is 3.20. The summed E-state index contributed by atoms with van der Waals surface area (Å²) >= 11 is 5.96. The lowest BCUT2D eigenvalue weighted by molar-refractivity contribution is 0.173. The van der Waals surface area contributed by atoms with E-state index in [-0.39, 0.29) is 0 Å². The van der Waals surface area contributed by atoms with Crippen LogP contribution in [0.4, 0.5) is 5.69 Å². The molecule has 1 aromatic rings. The van der Waals surface area contributed by atoms with E-state index in [1.54, 1.807) is 6.07 Å². The van der Waals surface area contributed by atoms with E-state index in [4.69, 9.17) is 16.9 Å². The second-order valence-corrected chi connectivity index (χ2v) is 7.27. The molecule has 0 saturated heterocycles. The predicted octanol–water partition coefficient (Wildman–Crippen LogP) is 5.23. The number of rotatable bonds is 2. The van der Waals surface area contributed by atoms with Crippen LogP contribution in [0.5, 0.6) is 0 Å². The molecule has 0 amide bonds. The molecule has 0 unspecified atom stereocenters. The van der Waals surface area contributed by atoms with Crippen molar-refractivity contribution in [3.8, 4) is 6.07 Å². The van der Waals surface area contributed by atoms with Gasteiger partial charge in [0.25, 0.3) is 0 Å². The average molecular weight is 291 g/mol. The van der Waals surface area contributed by atoms with Crippen LogP contribution in [0, 0.1) is 22.7 Å². The topological polar surface area (TPSA) is 35.8 Å². The number of hydrogen-bond donors (Lipinski definition) is 1. The van der Waals surface area contributed by atoms with Gasteiger partial charge in [0.2, 0.25) is 0 Å². The molecule has 2 nitrogen and oxygen atoms in total. The molecular weight excluding hydrogens is 268 g/mol. The second kappa shape index (κ2) is 6.06. The highest BCUT2D eigenvalue weighted by Crippen LogP contribution is 2.38. The highest BCUT2D eigenvalue weighted by molar-refractivity contribution is 6.31. The molecule has 3 heteroatoms. The zero-order valence-corrected chi connectivity index (χ0v) is 13.3. The van der Waals surface area contributed by atoms with E-state index in [1.807, 2.05) is 12.1 Å². The van der Waals surface area contributed by atoms with Crippen LogP contribution in [0.15, 0.2) is 18.2 Å². The van der Waals surface area contributed by atoms with Gasteiger partial charge in [-0.1, -0.05) is 32.4 Å². The van der Waals surface area contributed by atoms with Crippen LogP contribution in [0.25, 0.3) is 0 Å². The first-order chi connectivity index (χ1) is 9.40. The summed E-state index contributed by atoms with van der Waals surface area (Å²) in [7, 11) is 0. The Balaban J connectivity index is 1.95. The van der Waals surface area contributed by atoms with E-state index >= 15 is 0 Å². The van der Waals surface area contributed by atoms with Crippen LogP contribution < -0.4 is 5.32 Å². The van der Waals surface area contributed by atoms with Gasteiger partial charge in [-0.3, -0.25) is 0 Å². The van der Waals surface area contributed by atoms with Crippen molar-refractivity contribution in [1.29, 1.82) is 5.26 Å². The zero-order chi connectivity index (χ0) is 14.8. The standard InChI is InChI=1S/C17H23ClN2/c1-17(2,3)13-4-6-14(7-5-13)20-15-8-9-16(18)12(10-15)11-19/h8-10,13-14,20H,4-7H2,1-3H3. The molecule has 0 aliphatic heterocycles. The van der Waals surface area contributed by atoms with Crippen LogP contribution >= 0.6 is 11.6 Å². The lowest BCUT2D eigenvalue weighted by Gasteiger charge is -2.37. The first kappa shape index (κ1) is 15.2. The fourth-order valence-electron chi connectivity index (χ4n) is 3.04. The monoisotopic (exact) mass is 290 g/mol. The van der Waals surface area contributed by atoms with E-state index < -0.39 is 0 Å². The molecule has 1 aliphatic carbocycles. The van der Waals surface area contributed by atoms with Crippen molar-refractivity contribution in [2.24, 2.45) is 11.3 Å². The van der Waals surface area contributed by atoms with Gasteiger partial charge in [0.05, 0.1) is 10.6 Å². The van der Waals surface area contributed by atoms with Crippen molar-refractivity contribution in [2.45, 2.75) is 52.5 Å². The Morgan fingerprint density at radius 2 is 1.85 bits per heavy atom. The van der Waals surface area contributed by atoms with Crippen LogP contribution in [-0.4, -0.2) is 6.04 Å². The van der Waals surface area contributed by atoms with Crippen molar-refractivity contribution in [3.63, 3.8) is 0 Å². The minimum atomic E-state index is 0.416. The Morgan fingerprint density at radius 3 is 2.40 bits per heavy atom. The number of benzene rings is 1. The van der Waals surface area contributed by atoms with Crippen LogP contribution in [0.3, 0.4) is 0 Å². The molecule has 0 aromatic heterocycles. The molecule has 1 aliphatic rings. The first-order valence-electron chi connectivity index (χ1n) is 7.36. The van der Waals surface area contributed by atoms with E-state index in [2.05, 4.69) is 32.2 Å². The quantitative estimate of drug-likeness (QED) is 0.809. The van der Waals surface area contributed by atoms with Gasteiger partial charge in [-0.2, -0.15) is 5.26 Å².